The van der Waals surface area contributed by atoms with Crippen molar-refractivity contribution in [2.75, 3.05) is 5.32 Å². The zero-order chi connectivity index (χ0) is 21.8. The minimum atomic E-state index is -0.368. The summed E-state index contributed by atoms with van der Waals surface area (Å²) in [5.41, 5.74) is 2.66. The average molecular weight is 417 g/mol. The number of nitrogens with zero attached hydrogens (tertiary/aromatic N) is 2. The Kier molecular flexibility index (Phi) is 5.75. The molecule has 1 amide bonds. The Balaban J connectivity index is 1.43. The van der Waals surface area contributed by atoms with Gasteiger partial charge in [0.05, 0.1) is 17.2 Å². The molecule has 0 fully saturated rings. The first kappa shape index (κ1) is 20.3. The molecule has 0 aliphatic carbocycles. The number of aryl methyl sites for hydroxylation is 1. The zero-order valence-electron chi connectivity index (χ0n) is 16.8. The van der Waals surface area contributed by atoms with E-state index in [2.05, 4.69) is 10.3 Å². The Morgan fingerprint density at radius 2 is 1.90 bits per heavy atom. The molecule has 0 saturated carbocycles. The second kappa shape index (κ2) is 8.79. The molecule has 0 aliphatic heterocycles. The molecular formula is C24H20FN3O3. The summed E-state index contributed by atoms with van der Waals surface area (Å²) < 4.78 is 20.1. The lowest BCUT2D eigenvalue weighted by atomic mass is 10.1. The van der Waals surface area contributed by atoms with Crippen LogP contribution in [0.3, 0.4) is 0 Å². The lowest BCUT2D eigenvalue weighted by Gasteiger charge is -2.10. The molecule has 0 radical (unpaired) electrons. The van der Waals surface area contributed by atoms with E-state index >= 15 is 0 Å². The fraction of sp³-hybridized carbons (Fsp3) is 0.125. The van der Waals surface area contributed by atoms with E-state index in [1.807, 2.05) is 19.1 Å². The second-order valence-electron chi connectivity index (χ2n) is 7.14. The monoisotopic (exact) mass is 417 g/mol. The van der Waals surface area contributed by atoms with Crippen LogP contribution in [0.15, 0.2) is 77.9 Å². The quantitative estimate of drug-likeness (QED) is 0.514. The van der Waals surface area contributed by atoms with Crippen molar-refractivity contribution in [1.82, 2.24) is 9.55 Å². The zero-order valence-corrected chi connectivity index (χ0v) is 16.8. The molecule has 7 heteroatoms. The highest BCUT2D eigenvalue weighted by molar-refractivity contribution is 5.91. The van der Waals surface area contributed by atoms with Gasteiger partial charge in [0.1, 0.15) is 24.7 Å². The summed E-state index contributed by atoms with van der Waals surface area (Å²) in [5, 5.41) is 3.26. The van der Waals surface area contributed by atoms with Gasteiger partial charge in [-0.1, -0.05) is 30.3 Å². The number of carbonyl (C=O) groups excluding carboxylic acids is 1. The van der Waals surface area contributed by atoms with Crippen LogP contribution in [0, 0.1) is 12.7 Å². The molecule has 0 saturated heterocycles. The van der Waals surface area contributed by atoms with Crippen molar-refractivity contribution < 1.29 is 13.9 Å². The molecule has 4 rings (SSSR count). The van der Waals surface area contributed by atoms with Crippen LogP contribution in [-0.4, -0.2) is 15.5 Å². The van der Waals surface area contributed by atoms with Gasteiger partial charge in [0.2, 0.25) is 5.91 Å². The smallest absolute Gasteiger partial charge is 0.261 e. The number of ether oxygens (including phenoxy) is 1. The van der Waals surface area contributed by atoms with E-state index in [0.29, 0.717) is 22.3 Å². The predicted molar refractivity (Wildman–Crippen MR) is 117 cm³/mol. The summed E-state index contributed by atoms with van der Waals surface area (Å²) >= 11 is 0. The Morgan fingerprint density at radius 3 is 2.74 bits per heavy atom. The van der Waals surface area contributed by atoms with E-state index in [0.717, 1.165) is 11.1 Å². The molecule has 156 valence electrons. The molecule has 0 aliphatic rings. The van der Waals surface area contributed by atoms with Crippen LogP contribution in [0.5, 0.6) is 5.75 Å². The van der Waals surface area contributed by atoms with Gasteiger partial charge in [-0.05, 0) is 48.4 Å². The molecule has 0 bridgehead atoms. The van der Waals surface area contributed by atoms with Crippen LogP contribution in [0.25, 0.3) is 10.9 Å². The third-order valence-electron chi connectivity index (χ3n) is 4.78. The summed E-state index contributed by atoms with van der Waals surface area (Å²) in [6.07, 6.45) is 1.39. The van der Waals surface area contributed by atoms with E-state index in [4.69, 9.17) is 4.74 Å². The minimum Gasteiger partial charge on any atom is -0.489 e. The average Bonchev–Trinajstić information content (AvgIpc) is 2.75. The molecule has 0 spiro atoms. The number of halogens is 1. The maximum absolute atomic E-state index is 13.3. The SMILES string of the molecule is Cc1cccc2c(=O)n(CC(=O)Nc3cccc(COc4cccc(F)c4)c3)cnc12. The topological polar surface area (TPSA) is 73.2 Å². The van der Waals surface area contributed by atoms with E-state index in [9.17, 15) is 14.0 Å². The summed E-state index contributed by atoms with van der Waals surface area (Å²) in [6, 6.07) is 18.4. The van der Waals surface area contributed by atoms with Gasteiger partial charge in [-0.2, -0.15) is 0 Å². The standard InChI is InChI=1S/C24H20FN3O3/c1-16-5-2-10-21-23(16)26-15-28(24(21)30)13-22(29)27-19-8-3-6-17(11-19)14-31-20-9-4-7-18(25)12-20/h2-12,15H,13-14H2,1H3,(H,27,29). The highest BCUT2D eigenvalue weighted by Gasteiger charge is 2.10. The number of amides is 1. The third kappa shape index (κ3) is 4.78. The lowest BCUT2D eigenvalue weighted by molar-refractivity contribution is -0.116. The second-order valence-corrected chi connectivity index (χ2v) is 7.14. The van der Waals surface area contributed by atoms with Crippen molar-refractivity contribution in [2.24, 2.45) is 0 Å². The first-order chi connectivity index (χ1) is 15.0. The van der Waals surface area contributed by atoms with Gasteiger partial charge in [-0.15, -0.1) is 0 Å². The number of anilines is 1. The fourth-order valence-electron chi connectivity index (χ4n) is 3.27. The van der Waals surface area contributed by atoms with Gasteiger partial charge in [0.25, 0.3) is 5.56 Å². The number of rotatable bonds is 6. The van der Waals surface area contributed by atoms with Gasteiger partial charge in [-0.3, -0.25) is 14.2 Å². The Hall–Kier alpha value is -4.00. The number of para-hydroxylation sites is 1. The van der Waals surface area contributed by atoms with Crippen LogP contribution in [0.4, 0.5) is 10.1 Å². The first-order valence-corrected chi connectivity index (χ1v) is 9.71. The molecule has 1 N–H and O–H groups in total. The maximum Gasteiger partial charge on any atom is 0.261 e. The summed E-state index contributed by atoms with van der Waals surface area (Å²) in [5.74, 6) is -0.293. The maximum atomic E-state index is 13.3. The minimum absolute atomic E-state index is 0.153. The molecule has 6 nitrogen and oxygen atoms in total. The van der Waals surface area contributed by atoms with Crippen molar-refractivity contribution in [3.05, 3.63) is 100 Å². The highest BCUT2D eigenvalue weighted by atomic mass is 19.1. The summed E-state index contributed by atoms with van der Waals surface area (Å²) in [4.78, 5) is 29.5. The van der Waals surface area contributed by atoms with Gasteiger partial charge in [0.15, 0.2) is 0 Å². The number of aromatic nitrogens is 2. The molecular weight excluding hydrogens is 397 g/mol. The number of carbonyl (C=O) groups is 1. The number of hydrogen-bond donors (Lipinski definition) is 1. The highest BCUT2D eigenvalue weighted by Crippen LogP contribution is 2.16. The van der Waals surface area contributed by atoms with Crippen LogP contribution in [0.2, 0.25) is 0 Å². The van der Waals surface area contributed by atoms with E-state index in [1.54, 1.807) is 42.5 Å². The number of benzene rings is 3. The number of fused-ring (bicyclic) bond motifs is 1. The van der Waals surface area contributed by atoms with Crippen LogP contribution in [0.1, 0.15) is 11.1 Å². The summed E-state index contributed by atoms with van der Waals surface area (Å²) in [7, 11) is 0. The summed E-state index contributed by atoms with van der Waals surface area (Å²) in [6.45, 7) is 1.96. The van der Waals surface area contributed by atoms with Crippen molar-refractivity contribution in [1.29, 1.82) is 0 Å². The molecule has 1 aromatic heterocycles. The van der Waals surface area contributed by atoms with Crippen molar-refractivity contribution in [3.63, 3.8) is 0 Å². The van der Waals surface area contributed by atoms with E-state index in [-0.39, 0.29) is 30.4 Å². The Morgan fingerprint density at radius 1 is 1.10 bits per heavy atom. The Labute approximate surface area is 177 Å². The molecule has 0 unspecified atom stereocenters. The predicted octanol–water partition coefficient (Wildman–Crippen LogP) is 4.06. The lowest BCUT2D eigenvalue weighted by Crippen LogP contribution is -2.28. The third-order valence-corrected chi connectivity index (χ3v) is 4.78. The number of nitrogens with one attached hydrogen (secondary N) is 1. The van der Waals surface area contributed by atoms with Gasteiger partial charge in [0, 0.05) is 11.8 Å². The molecule has 0 atom stereocenters. The molecule has 3 aromatic carbocycles. The first-order valence-electron chi connectivity index (χ1n) is 9.71. The number of hydrogen-bond acceptors (Lipinski definition) is 4. The molecule has 1 heterocycles. The molecule has 4 aromatic rings. The fourth-order valence-corrected chi connectivity index (χ4v) is 3.27. The van der Waals surface area contributed by atoms with Crippen molar-refractivity contribution in [3.8, 4) is 5.75 Å². The van der Waals surface area contributed by atoms with Crippen molar-refractivity contribution in [2.45, 2.75) is 20.1 Å². The van der Waals surface area contributed by atoms with Crippen LogP contribution in [-0.2, 0) is 17.9 Å². The molecule has 31 heavy (non-hydrogen) atoms. The van der Waals surface area contributed by atoms with Crippen LogP contribution < -0.4 is 15.6 Å². The normalized spacial score (nSPS) is 10.8. The van der Waals surface area contributed by atoms with Gasteiger partial charge >= 0.3 is 0 Å². The van der Waals surface area contributed by atoms with Crippen LogP contribution >= 0.6 is 0 Å². The largest absolute Gasteiger partial charge is 0.489 e. The van der Waals surface area contributed by atoms with E-state index < -0.39 is 0 Å². The van der Waals surface area contributed by atoms with Gasteiger partial charge in [-0.25, -0.2) is 9.37 Å². The Bertz CT molecular complexity index is 1320. The van der Waals surface area contributed by atoms with Gasteiger partial charge < -0.3 is 10.1 Å². The van der Waals surface area contributed by atoms with Crippen molar-refractivity contribution >= 4 is 22.5 Å². The van der Waals surface area contributed by atoms with E-state index in [1.165, 1.54) is 23.0 Å².